The lowest BCUT2D eigenvalue weighted by Gasteiger charge is -2.15. The predicted octanol–water partition coefficient (Wildman–Crippen LogP) is 5.31. The van der Waals surface area contributed by atoms with E-state index in [0.29, 0.717) is 0 Å². The fourth-order valence-corrected chi connectivity index (χ4v) is 2.76. The highest BCUT2D eigenvalue weighted by atomic mass is 35.5. The van der Waals surface area contributed by atoms with Crippen LogP contribution in [0.3, 0.4) is 0 Å². The fraction of sp³-hybridized carbons (Fsp3) is 0.333. The van der Waals surface area contributed by atoms with Crippen LogP contribution >= 0.6 is 22.9 Å². The maximum absolute atomic E-state index is 5.86. The van der Waals surface area contributed by atoms with Crippen LogP contribution in [-0.2, 0) is 12.0 Å². The second-order valence-electron chi connectivity index (χ2n) is 5.38. The molecular formula is C15H18ClNS. The molecule has 1 aromatic carbocycles. The lowest BCUT2D eigenvalue weighted by molar-refractivity contribution is 0.604. The summed E-state index contributed by atoms with van der Waals surface area (Å²) in [5, 5.41) is 4.17. The van der Waals surface area contributed by atoms with E-state index in [1.165, 1.54) is 9.75 Å². The van der Waals surface area contributed by atoms with Crippen LogP contribution in [0.25, 0.3) is 0 Å². The largest absolute Gasteiger partial charge is 0.380 e. The van der Waals surface area contributed by atoms with E-state index in [1.807, 2.05) is 35.6 Å². The molecular weight excluding hydrogens is 262 g/mol. The summed E-state index contributed by atoms with van der Waals surface area (Å²) in [5.74, 6) is 0. The minimum absolute atomic E-state index is 0.239. The Morgan fingerprint density at radius 1 is 1.06 bits per heavy atom. The third-order valence-corrected chi connectivity index (χ3v) is 4.47. The molecule has 2 aromatic rings. The maximum Gasteiger partial charge on any atom is 0.0494 e. The van der Waals surface area contributed by atoms with Gasteiger partial charge in [-0.3, -0.25) is 0 Å². The Kier molecular flexibility index (Phi) is 3.98. The average molecular weight is 280 g/mol. The summed E-state index contributed by atoms with van der Waals surface area (Å²) in [6.07, 6.45) is 0. The van der Waals surface area contributed by atoms with Crippen molar-refractivity contribution in [2.75, 3.05) is 5.32 Å². The summed E-state index contributed by atoms with van der Waals surface area (Å²) in [4.78, 5) is 2.78. The van der Waals surface area contributed by atoms with Crippen molar-refractivity contribution in [3.05, 3.63) is 51.2 Å². The van der Waals surface area contributed by atoms with E-state index in [9.17, 15) is 0 Å². The highest BCUT2D eigenvalue weighted by Gasteiger charge is 2.15. The van der Waals surface area contributed by atoms with E-state index in [-0.39, 0.29) is 5.41 Å². The number of nitrogens with one attached hydrogen (secondary N) is 1. The molecule has 1 nitrogen and oxygen atoms in total. The molecule has 0 atom stereocenters. The molecule has 0 radical (unpaired) electrons. The van der Waals surface area contributed by atoms with Crippen molar-refractivity contribution in [3.8, 4) is 0 Å². The van der Waals surface area contributed by atoms with Gasteiger partial charge in [-0.2, -0.15) is 0 Å². The Labute approximate surface area is 118 Å². The number of hydrogen-bond donors (Lipinski definition) is 1. The van der Waals surface area contributed by atoms with E-state index < -0.39 is 0 Å². The van der Waals surface area contributed by atoms with E-state index in [1.54, 1.807) is 0 Å². The molecule has 0 unspecified atom stereocenters. The van der Waals surface area contributed by atoms with Gasteiger partial charge in [0, 0.05) is 27.0 Å². The van der Waals surface area contributed by atoms with Crippen molar-refractivity contribution in [1.29, 1.82) is 0 Å². The van der Waals surface area contributed by atoms with Crippen LogP contribution in [0.15, 0.2) is 36.4 Å². The number of anilines is 1. The molecule has 3 heteroatoms. The summed E-state index contributed by atoms with van der Waals surface area (Å²) in [6.45, 7) is 7.60. The van der Waals surface area contributed by atoms with Gasteiger partial charge in [-0.1, -0.05) is 32.4 Å². The third-order valence-electron chi connectivity index (χ3n) is 2.71. The zero-order valence-electron chi connectivity index (χ0n) is 11.0. The van der Waals surface area contributed by atoms with Crippen LogP contribution in [0.2, 0.25) is 5.02 Å². The van der Waals surface area contributed by atoms with Crippen molar-refractivity contribution >= 4 is 28.6 Å². The van der Waals surface area contributed by atoms with Crippen LogP contribution in [0, 0.1) is 0 Å². The van der Waals surface area contributed by atoms with Crippen molar-refractivity contribution in [1.82, 2.24) is 0 Å². The van der Waals surface area contributed by atoms with Gasteiger partial charge in [-0.05, 0) is 41.8 Å². The number of thiophene rings is 1. The second-order valence-corrected chi connectivity index (χ2v) is 6.98. The van der Waals surface area contributed by atoms with Gasteiger partial charge in [-0.25, -0.2) is 0 Å². The van der Waals surface area contributed by atoms with Crippen LogP contribution in [0.5, 0.6) is 0 Å². The first kappa shape index (κ1) is 13.4. The zero-order chi connectivity index (χ0) is 13.2. The first-order chi connectivity index (χ1) is 8.45. The van der Waals surface area contributed by atoms with Gasteiger partial charge in [0.2, 0.25) is 0 Å². The topological polar surface area (TPSA) is 12.0 Å². The standard InChI is InChI=1S/C15H18ClNS/c1-15(2,3)14-9-8-13(18-14)10-17-12-6-4-11(16)5-7-12/h4-9,17H,10H2,1-3H3. The highest BCUT2D eigenvalue weighted by molar-refractivity contribution is 7.12. The number of hydrogen-bond acceptors (Lipinski definition) is 2. The second kappa shape index (κ2) is 5.33. The summed E-state index contributed by atoms with van der Waals surface area (Å²) >= 11 is 7.73. The lowest BCUT2D eigenvalue weighted by Crippen LogP contribution is -2.07. The van der Waals surface area contributed by atoms with E-state index in [4.69, 9.17) is 11.6 Å². The number of rotatable bonds is 3. The molecule has 0 bridgehead atoms. The lowest BCUT2D eigenvalue weighted by atomic mass is 9.95. The van der Waals surface area contributed by atoms with Crippen molar-refractivity contribution in [2.24, 2.45) is 0 Å². The number of halogens is 1. The van der Waals surface area contributed by atoms with Crippen LogP contribution < -0.4 is 5.32 Å². The Morgan fingerprint density at radius 2 is 1.72 bits per heavy atom. The van der Waals surface area contributed by atoms with Crippen LogP contribution in [0.4, 0.5) is 5.69 Å². The fourth-order valence-electron chi connectivity index (χ4n) is 1.63. The van der Waals surface area contributed by atoms with E-state index in [2.05, 4.69) is 38.2 Å². The monoisotopic (exact) mass is 279 g/mol. The highest BCUT2D eigenvalue weighted by Crippen LogP contribution is 2.29. The molecule has 0 spiro atoms. The molecule has 0 fully saturated rings. The third kappa shape index (κ3) is 3.50. The van der Waals surface area contributed by atoms with E-state index in [0.717, 1.165) is 17.3 Å². The Hall–Kier alpha value is -0.990. The molecule has 2 rings (SSSR count). The summed E-state index contributed by atoms with van der Waals surface area (Å²) in [7, 11) is 0. The van der Waals surface area contributed by atoms with Crippen molar-refractivity contribution in [2.45, 2.75) is 32.7 Å². The molecule has 1 aromatic heterocycles. The van der Waals surface area contributed by atoms with Gasteiger partial charge < -0.3 is 5.32 Å². The minimum atomic E-state index is 0.239. The summed E-state index contributed by atoms with van der Waals surface area (Å²) in [5.41, 5.74) is 1.34. The van der Waals surface area contributed by atoms with Crippen molar-refractivity contribution in [3.63, 3.8) is 0 Å². The molecule has 0 amide bonds. The van der Waals surface area contributed by atoms with Gasteiger partial charge in [0.05, 0.1) is 0 Å². The molecule has 18 heavy (non-hydrogen) atoms. The number of benzene rings is 1. The van der Waals surface area contributed by atoms with Gasteiger partial charge in [0.25, 0.3) is 0 Å². The van der Waals surface area contributed by atoms with E-state index >= 15 is 0 Å². The minimum Gasteiger partial charge on any atom is -0.380 e. The van der Waals surface area contributed by atoms with Gasteiger partial charge in [0.15, 0.2) is 0 Å². The zero-order valence-corrected chi connectivity index (χ0v) is 12.5. The first-order valence-corrected chi connectivity index (χ1v) is 7.23. The smallest absolute Gasteiger partial charge is 0.0494 e. The molecule has 96 valence electrons. The maximum atomic E-state index is 5.86. The molecule has 0 aliphatic carbocycles. The molecule has 0 saturated heterocycles. The SMILES string of the molecule is CC(C)(C)c1ccc(CNc2ccc(Cl)cc2)s1. The molecule has 1 heterocycles. The quantitative estimate of drug-likeness (QED) is 0.803. The molecule has 0 aliphatic rings. The predicted molar refractivity (Wildman–Crippen MR) is 81.8 cm³/mol. The van der Waals surface area contributed by atoms with Gasteiger partial charge in [0.1, 0.15) is 0 Å². The first-order valence-electron chi connectivity index (χ1n) is 6.04. The molecule has 0 saturated carbocycles. The Balaban J connectivity index is 1.98. The van der Waals surface area contributed by atoms with Crippen molar-refractivity contribution < 1.29 is 0 Å². The summed E-state index contributed by atoms with van der Waals surface area (Å²) in [6, 6.07) is 12.2. The normalized spacial score (nSPS) is 11.6. The molecule has 0 aliphatic heterocycles. The Morgan fingerprint density at radius 3 is 2.28 bits per heavy atom. The van der Waals surface area contributed by atoms with Gasteiger partial charge >= 0.3 is 0 Å². The summed E-state index contributed by atoms with van der Waals surface area (Å²) < 4.78 is 0. The average Bonchev–Trinajstić information content (AvgIpc) is 2.77. The van der Waals surface area contributed by atoms with Crippen LogP contribution in [0.1, 0.15) is 30.5 Å². The Bertz CT molecular complexity index is 508. The molecule has 1 N–H and O–H groups in total. The van der Waals surface area contributed by atoms with Crippen LogP contribution in [-0.4, -0.2) is 0 Å². The van der Waals surface area contributed by atoms with Gasteiger partial charge in [-0.15, -0.1) is 11.3 Å².